The third-order valence-corrected chi connectivity index (χ3v) is 10.7. The van der Waals surface area contributed by atoms with Gasteiger partial charge in [-0.2, -0.15) is 10.1 Å². The summed E-state index contributed by atoms with van der Waals surface area (Å²) in [5, 5.41) is 17.0. The molecule has 7 rings (SSSR count). The molecule has 0 radical (unpaired) electrons. The van der Waals surface area contributed by atoms with E-state index in [1.54, 1.807) is 24.3 Å². The third-order valence-electron chi connectivity index (χ3n) is 9.16. The van der Waals surface area contributed by atoms with Gasteiger partial charge in [-0.15, -0.1) is 0 Å². The minimum atomic E-state index is -4.01. The summed E-state index contributed by atoms with van der Waals surface area (Å²) in [6.07, 6.45) is -1.71. The maximum Gasteiger partial charge on any atom is 0.405 e. The second-order valence-electron chi connectivity index (χ2n) is 13.2. The number of hydrogen-bond acceptors (Lipinski definition) is 9. The number of nitrogens with zero attached hydrogens (tertiary/aromatic N) is 5. The summed E-state index contributed by atoms with van der Waals surface area (Å²) < 4.78 is 71.6. The Hall–Kier alpha value is -6.59. The number of sulfonamides is 1. The average Bonchev–Trinajstić information content (AvgIpc) is 3.51. The lowest BCUT2D eigenvalue weighted by molar-refractivity contribution is 0.189. The van der Waals surface area contributed by atoms with E-state index in [1.807, 2.05) is 30.3 Å². The molecule has 1 atom stereocenters. The zero-order chi connectivity index (χ0) is 41.1. The van der Waals surface area contributed by atoms with Gasteiger partial charge in [-0.25, -0.2) is 27.0 Å². The topological polar surface area (TPSA) is 180 Å². The van der Waals surface area contributed by atoms with Crippen molar-refractivity contribution in [1.29, 1.82) is 0 Å². The maximum absolute atomic E-state index is 14.7. The molecule has 1 unspecified atom stereocenters. The van der Waals surface area contributed by atoms with Gasteiger partial charge in [0, 0.05) is 25.6 Å². The summed E-state index contributed by atoms with van der Waals surface area (Å²) in [4.78, 5) is 36.1. The molecule has 0 aliphatic heterocycles. The number of nitrogens with one attached hydrogen (secondary N) is 2. The van der Waals surface area contributed by atoms with Crippen LogP contribution in [0.2, 0.25) is 5.02 Å². The Labute approximate surface area is 334 Å². The lowest BCUT2D eigenvalue weighted by Crippen LogP contribution is -2.35. The number of rotatable bonds is 14. The van der Waals surface area contributed by atoms with Gasteiger partial charge in [0.05, 0.1) is 45.9 Å². The molecule has 0 saturated carbocycles. The number of fused-ring (bicyclic) bond motifs is 2. The van der Waals surface area contributed by atoms with Crippen LogP contribution in [0.15, 0.2) is 102 Å². The molecule has 0 saturated heterocycles. The van der Waals surface area contributed by atoms with Gasteiger partial charge in [-0.3, -0.25) is 18.8 Å². The van der Waals surface area contributed by atoms with Crippen LogP contribution in [0.1, 0.15) is 28.6 Å². The number of carboxylic acid groups (broad SMARTS) is 1. The van der Waals surface area contributed by atoms with Gasteiger partial charge in [0.15, 0.2) is 11.5 Å². The maximum atomic E-state index is 14.7. The fourth-order valence-corrected chi connectivity index (χ4v) is 7.80. The number of aromatic nitrogens is 5. The van der Waals surface area contributed by atoms with Gasteiger partial charge in [0.2, 0.25) is 15.9 Å². The minimum absolute atomic E-state index is 0.00594. The first kappa shape index (κ1) is 39.6. The molecule has 3 aromatic heterocycles. The molecule has 0 spiro atoms. The fraction of sp³-hybridized carbons (Fsp3) is 0.175. The Morgan fingerprint density at radius 2 is 1.66 bits per heavy atom. The molecule has 1 amide bonds. The zero-order valence-corrected chi connectivity index (χ0v) is 32.4. The molecule has 58 heavy (non-hydrogen) atoms. The Morgan fingerprint density at radius 1 is 0.931 bits per heavy atom. The first-order chi connectivity index (χ1) is 27.8. The minimum Gasteiger partial charge on any atom is -0.497 e. The molecule has 3 N–H and O–H groups in total. The Balaban J connectivity index is 1.36. The number of ether oxygens (including phenoxy) is 2. The highest BCUT2D eigenvalue weighted by Gasteiger charge is 2.28. The number of carbonyl (C=O) groups is 1. The second-order valence-corrected chi connectivity index (χ2v) is 15.4. The van der Waals surface area contributed by atoms with Gasteiger partial charge in [-0.1, -0.05) is 54.1 Å². The van der Waals surface area contributed by atoms with Crippen LogP contribution in [0, 0.1) is 11.6 Å². The lowest BCUT2D eigenvalue weighted by Gasteiger charge is -2.22. The molecular formula is C40H34ClF2N7O7S. The fourth-order valence-electron chi connectivity index (χ4n) is 6.52. The molecule has 4 aromatic carbocycles. The monoisotopic (exact) mass is 829 g/mol. The summed E-state index contributed by atoms with van der Waals surface area (Å²) in [5.41, 5.74) is 1.09. The molecule has 0 bridgehead atoms. The van der Waals surface area contributed by atoms with Crippen molar-refractivity contribution in [3.63, 3.8) is 0 Å². The first-order valence-corrected chi connectivity index (χ1v) is 19.7. The van der Waals surface area contributed by atoms with Crippen molar-refractivity contribution >= 4 is 55.5 Å². The average molecular weight is 830 g/mol. The number of hydrogen-bond donors (Lipinski definition) is 3. The second kappa shape index (κ2) is 16.5. The van der Waals surface area contributed by atoms with E-state index in [0.717, 1.165) is 27.8 Å². The quantitative estimate of drug-likeness (QED) is 0.107. The van der Waals surface area contributed by atoms with Crippen LogP contribution in [-0.4, -0.2) is 56.8 Å². The number of halogens is 3. The van der Waals surface area contributed by atoms with Crippen LogP contribution in [0.25, 0.3) is 27.6 Å². The highest BCUT2D eigenvalue weighted by atomic mass is 35.5. The summed E-state index contributed by atoms with van der Waals surface area (Å²) in [5.74, 6) is -1.71. The van der Waals surface area contributed by atoms with Crippen molar-refractivity contribution in [2.75, 3.05) is 17.6 Å². The smallest absolute Gasteiger partial charge is 0.405 e. The molecule has 18 heteroatoms. The molecule has 0 aliphatic rings. The van der Waals surface area contributed by atoms with Crippen molar-refractivity contribution < 1.29 is 36.6 Å². The van der Waals surface area contributed by atoms with Crippen LogP contribution in [-0.2, 0) is 36.5 Å². The number of aryl methyl sites for hydroxylation is 2. The predicted molar refractivity (Wildman–Crippen MR) is 213 cm³/mol. The highest BCUT2D eigenvalue weighted by molar-refractivity contribution is 7.92. The first-order valence-electron chi connectivity index (χ1n) is 17.6. The molecule has 0 aliphatic carbocycles. The van der Waals surface area contributed by atoms with Gasteiger partial charge < -0.3 is 19.9 Å². The SMILES string of the molecule is COc1ccc(CCS(=O)(=O)Nc2nn(C)c3c(-n4c(C(Cc5cc(F)cc(F)c5)NC(=O)O)nc5nc(OCc6ccccc6)ccc5c4=O)ccc(Cl)c23)cc1. The van der Waals surface area contributed by atoms with E-state index < -0.39 is 39.4 Å². The summed E-state index contributed by atoms with van der Waals surface area (Å²) >= 11 is 6.71. The number of benzene rings is 4. The Bertz CT molecular complexity index is 2820. The van der Waals surface area contributed by atoms with E-state index in [4.69, 9.17) is 21.1 Å². The molecule has 0 fully saturated rings. The van der Waals surface area contributed by atoms with E-state index in [1.165, 1.54) is 43.1 Å². The Kier molecular flexibility index (Phi) is 11.3. The van der Waals surface area contributed by atoms with Crippen molar-refractivity contribution in [2.45, 2.75) is 25.5 Å². The van der Waals surface area contributed by atoms with E-state index in [0.29, 0.717) is 11.8 Å². The van der Waals surface area contributed by atoms with Gasteiger partial charge in [0.25, 0.3) is 5.56 Å². The van der Waals surface area contributed by atoms with Crippen molar-refractivity contribution in [3.05, 3.63) is 147 Å². The molecule has 3 heterocycles. The van der Waals surface area contributed by atoms with Crippen LogP contribution in [0.4, 0.5) is 19.4 Å². The molecule has 7 aromatic rings. The van der Waals surface area contributed by atoms with Crippen LogP contribution in [0.5, 0.6) is 11.6 Å². The number of amides is 1. The zero-order valence-electron chi connectivity index (χ0n) is 30.8. The lowest BCUT2D eigenvalue weighted by atomic mass is 10.0. The predicted octanol–water partition coefficient (Wildman–Crippen LogP) is 6.72. The number of methoxy groups -OCH3 is 1. The van der Waals surface area contributed by atoms with Gasteiger partial charge in [0.1, 0.15) is 29.8 Å². The van der Waals surface area contributed by atoms with Crippen molar-refractivity contribution in [2.24, 2.45) is 7.05 Å². The molecule has 14 nitrogen and oxygen atoms in total. The van der Waals surface area contributed by atoms with Crippen molar-refractivity contribution in [3.8, 4) is 17.3 Å². The summed E-state index contributed by atoms with van der Waals surface area (Å²) in [6.45, 7) is 0.147. The summed E-state index contributed by atoms with van der Waals surface area (Å²) in [6, 6.07) is 23.4. The van der Waals surface area contributed by atoms with Crippen LogP contribution in [0.3, 0.4) is 0 Å². The van der Waals surface area contributed by atoms with Crippen LogP contribution >= 0.6 is 11.6 Å². The normalized spacial score (nSPS) is 12.1. The van der Waals surface area contributed by atoms with Gasteiger partial charge in [-0.05, 0) is 65.6 Å². The van der Waals surface area contributed by atoms with E-state index in [9.17, 15) is 31.9 Å². The molecule has 298 valence electrons. The summed E-state index contributed by atoms with van der Waals surface area (Å²) in [7, 11) is -0.974. The molecular weight excluding hydrogens is 796 g/mol. The largest absolute Gasteiger partial charge is 0.497 e. The van der Waals surface area contributed by atoms with Crippen LogP contribution < -0.4 is 25.1 Å². The standard InChI is InChI=1S/C40H34ClF2N7O7S/c1-49-35-32(14-13-30(41)34(35)37(47-49)48-58(54,55)17-16-23-8-10-28(56-2)11-9-23)50-38(31(44-40(52)53)20-25-18-26(42)21-27(43)19-25)46-36-29(39(50)51)12-15-33(45-36)57-22-24-6-4-3-5-7-24/h3-15,18-19,21,31,44H,16-17,20,22H2,1-2H3,(H,47,48)(H,52,53). The van der Waals surface area contributed by atoms with Crippen molar-refractivity contribution in [1.82, 2.24) is 29.6 Å². The Morgan fingerprint density at radius 3 is 2.34 bits per heavy atom. The van der Waals surface area contributed by atoms with E-state index in [-0.39, 0.29) is 80.9 Å². The van der Waals surface area contributed by atoms with E-state index >= 15 is 0 Å². The van der Waals surface area contributed by atoms with E-state index in [2.05, 4.69) is 25.1 Å². The van der Waals surface area contributed by atoms with Gasteiger partial charge >= 0.3 is 6.09 Å². The highest BCUT2D eigenvalue weighted by Crippen LogP contribution is 2.36. The number of pyridine rings is 1. The number of anilines is 1. The third kappa shape index (κ3) is 8.69.